The third-order valence-corrected chi connectivity index (χ3v) is 4.62. The molecular formula is C19H26N4O3. The fourth-order valence-electron chi connectivity index (χ4n) is 3.10. The second-order valence-corrected chi connectivity index (χ2v) is 6.49. The van der Waals surface area contributed by atoms with Gasteiger partial charge in [0.05, 0.1) is 18.6 Å². The lowest BCUT2D eigenvalue weighted by Crippen LogP contribution is -2.41. The van der Waals surface area contributed by atoms with Crippen LogP contribution in [-0.4, -0.2) is 60.0 Å². The van der Waals surface area contributed by atoms with Gasteiger partial charge in [-0.25, -0.2) is 4.68 Å². The summed E-state index contributed by atoms with van der Waals surface area (Å²) in [5.74, 6) is -0.236. The fraction of sp³-hybridized carbons (Fsp3) is 0.526. The zero-order valence-electron chi connectivity index (χ0n) is 15.2. The summed E-state index contributed by atoms with van der Waals surface area (Å²) in [6.45, 7) is 7.16. The van der Waals surface area contributed by atoms with Gasteiger partial charge in [0.15, 0.2) is 5.69 Å². The molecule has 1 aromatic carbocycles. The Hall–Kier alpha value is -2.25. The molecule has 1 aromatic heterocycles. The molecule has 7 heteroatoms. The molecule has 1 aliphatic heterocycles. The van der Waals surface area contributed by atoms with Crippen molar-refractivity contribution in [2.24, 2.45) is 0 Å². The van der Waals surface area contributed by atoms with E-state index in [4.69, 9.17) is 4.74 Å². The number of fused-ring (bicyclic) bond motifs is 1. The van der Waals surface area contributed by atoms with E-state index in [0.717, 1.165) is 45.7 Å². The van der Waals surface area contributed by atoms with Gasteiger partial charge in [-0.15, -0.1) is 0 Å². The third kappa shape index (κ3) is 4.28. The van der Waals surface area contributed by atoms with Crippen LogP contribution in [-0.2, 0) is 11.3 Å². The number of amides is 1. The summed E-state index contributed by atoms with van der Waals surface area (Å²) in [7, 11) is 0. The van der Waals surface area contributed by atoms with Crippen molar-refractivity contribution in [2.75, 3.05) is 39.4 Å². The van der Waals surface area contributed by atoms with Crippen molar-refractivity contribution in [2.45, 2.75) is 26.3 Å². The van der Waals surface area contributed by atoms with E-state index in [9.17, 15) is 9.59 Å². The summed E-state index contributed by atoms with van der Waals surface area (Å²) in [6.07, 6.45) is 1.81. The van der Waals surface area contributed by atoms with Crippen LogP contribution in [0.15, 0.2) is 29.1 Å². The highest BCUT2D eigenvalue weighted by Gasteiger charge is 2.17. The van der Waals surface area contributed by atoms with Crippen LogP contribution >= 0.6 is 0 Å². The summed E-state index contributed by atoms with van der Waals surface area (Å²) < 4.78 is 6.75. The lowest BCUT2D eigenvalue weighted by molar-refractivity contribution is 0.0383. The van der Waals surface area contributed by atoms with Crippen LogP contribution in [0, 0.1) is 0 Å². The molecular weight excluding hydrogens is 332 g/mol. The molecule has 0 radical (unpaired) electrons. The van der Waals surface area contributed by atoms with Gasteiger partial charge in [0.2, 0.25) is 0 Å². The number of hydrogen-bond donors (Lipinski definition) is 1. The summed E-state index contributed by atoms with van der Waals surface area (Å²) in [5, 5.41) is 8.45. The minimum absolute atomic E-state index is 0.140. The summed E-state index contributed by atoms with van der Waals surface area (Å²) in [5.41, 5.74) is 0.178. The number of morpholine rings is 1. The molecule has 140 valence electrons. The number of nitrogens with zero attached hydrogens (tertiary/aromatic N) is 3. The SMILES string of the molecule is CCCCn1nc(C(=O)NCCN2CCOCC2)c2ccccc2c1=O. The Morgan fingerprint density at radius 1 is 1.19 bits per heavy atom. The van der Waals surface area contributed by atoms with Crippen molar-refractivity contribution in [3.05, 3.63) is 40.3 Å². The first-order chi connectivity index (χ1) is 12.7. The molecule has 7 nitrogen and oxygen atoms in total. The zero-order chi connectivity index (χ0) is 18.4. The first kappa shape index (κ1) is 18.5. The van der Waals surface area contributed by atoms with Gasteiger partial charge in [-0.1, -0.05) is 31.5 Å². The molecule has 0 unspecified atom stereocenters. The molecule has 1 amide bonds. The summed E-state index contributed by atoms with van der Waals surface area (Å²) in [4.78, 5) is 27.5. The number of carbonyl (C=O) groups is 1. The number of unbranched alkanes of at least 4 members (excludes halogenated alkanes) is 1. The van der Waals surface area contributed by atoms with Crippen LogP contribution in [0.1, 0.15) is 30.3 Å². The maximum absolute atomic E-state index is 12.7. The van der Waals surface area contributed by atoms with Crippen molar-refractivity contribution in [3.63, 3.8) is 0 Å². The molecule has 1 saturated heterocycles. The zero-order valence-corrected chi connectivity index (χ0v) is 15.2. The highest BCUT2D eigenvalue weighted by atomic mass is 16.5. The number of hydrogen-bond acceptors (Lipinski definition) is 5. The van der Waals surface area contributed by atoms with E-state index in [2.05, 4.69) is 22.2 Å². The standard InChI is InChI=1S/C19H26N4O3/c1-2-3-9-23-19(25)16-7-5-4-6-15(16)17(21-23)18(24)20-8-10-22-11-13-26-14-12-22/h4-7H,2-3,8-14H2,1H3,(H,20,24). The lowest BCUT2D eigenvalue weighted by Gasteiger charge is -2.26. The van der Waals surface area contributed by atoms with Crippen molar-refractivity contribution in [1.29, 1.82) is 0 Å². The fourth-order valence-corrected chi connectivity index (χ4v) is 3.10. The van der Waals surface area contributed by atoms with Crippen LogP contribution < -0.4 is 10.9 Å². The van der Waals surface area contributed by atoms with Crippen molar-refractivity contribution in [3.8, 4) is 0 Å². The minimum Gasteiger partial charge on any atom is -0.379 e. The number of aromatic nitrogens is 2. The third-order valence-electron chi connectivity index (χ3n) is 4.62. The van der Waals surface area contributed by atoms with E-state index in [-0.39, 0.29) is 11.5 Å². The smallest absolute Gasteiger partial charge is 0.274 e. The Morgan fingerprint density at radius 3 is 2.65 bits per heavy atom. The predicted octanol–water partition coefficient (Wildman–Crippen LogP) is 1.26. The van der Waals surface area contributed by atoms with Gasteiger partial charge in [0.1, 0.15) is 0 Å². The topological polar surface area (TPSA) is 76.5 Å². The molecule has 0 saturated carbocycles. The molecule has 0 spiro atoms. The average Bonchev–Trinajstić information content (AvgIpc) is 2.68. The minimum atomic E-state index is -0.236. The number of rotatable bonds is 7. The molecule has 2 aromatic rings. The van der Waals surface area contributed by atoms with Crippen LogP contribution in [0.5, 0.6) is 0 Å². The van der Waals surface area contributed by atoms with E-state index in [1.54, 1.807) is 12.1 Å². The summed E-state index contributed by atoms with van der Waals surface area (Å²) in [6, 6.07) is 7.18. The highest BCUT2D eigenvalue weighted by Crippen LogP contribution is 2.13. The quantitative estimate of drug-likeness (QED) is 0.806. The highest BCUT2D eigenvalue weighted by molar-refractivity contribution is 6.04. The van der Waals surface area contributed by atoms with Crippen molar-refractivity contribution in [1.82, 2.24) is 20.0 Å². The van der Waals surface area contributed by atoms with Crippen molar-refractivity contribution < 1.29 is 9.53 Å². The molecule has 1 fully saturated rings. The molecule has 26 heavy (non-hydrogen) atoms. The van der Waals surface area contributed by atoms with Gasteiger partial charge in [-0.2, -0.15) is 5.10 Å². The van der Waals surface area contributed by atoms with Gasteiger partial charge in [-0.3, -0.25) is 14.5 Å². The molecule has 2 heterocycles. The predicted molar refractivity (Wildman–Crippen MR) is 101 cm³/mol. The van der Waals surface area contributed by atoms with Gasteiger partial charge >= 0.3 is 0 Å². The molecule has 3 rings (SSSR count). The second kappa shape index (κ2) is 8.91. The Labute approximate surface area is 152 Å². The van der Waals surface area contributed by atoms with E-state index in [0.29, 0.717) is 29.6 Å². The number of nitrogens with one attached hydrogen (secondary N) is 1. The van der Waals surface area contributed by atoms with Crippen LogP contribution in [0.25, 0.3) is 10.8 Å². The van der Waals surface area contributed by atoms with Crippen LogP contribution in [0.2, 0.25) is 0 Å². The first-order valence-corrected chi connectivity index (χ1v) is 9.29. The molecule has 0 aliphatic carbocycles. The normalized spacial score (nSPS) is 15.3. The maximum Gasteiger partial charge on any atom is 0.274 e. The summed E-state index contributed by atoms with van der Waals surface area (Å²) >= 11 is 0. The van der Waals surface area contributed by atoms with Crippen molar-refractivity contribution >= 4 is 16.7 Å². The number of ether oxygens (including phenoxy) is 1. The van der Waals surface area contributed by atoms with Gasteiger partial charge in [0.25, 0.3) is 11.5 Å². The lowest BCUT2D eigenvalue weighted by atomic mass is 10.1. The van der Waals surface area contributed by atoms with Crippen LogP contribution in [0.3, 0.4) is 0 Å². The monoisotopic (exact) mass is 358 g/mol. The van der Waals surface area contributed by atoms with E-state index in [1.165, 1.54) is 4.68 Å². The molecule has 1 aliphatic rings. The Balaban J connectivity index is 1.77. The number of benzene rings is 1. The first-order valence-electron chi connectivity index (χ1n) is 9.29. The second-order valence-electron chi connectivity index (χ2n) is 6.49. The van der Waals surface area contributed by atoms with Gasteiger partial charge in [-0.05, 0) is 12.5 Å². The Morgan fingerprint density at radius 2 is 1.92 bits per heavy atom. The number of carbonyl (C=O) groups excluding carboxylic acids is 1. The molecule has 0 bridgehead atoms. The number of aryl methyl sites for hydroxylation is 1. The molecule has 0 atom stereocenters. The average molecular weight is 358 g/mol. The molecule has 1 N–H and O–H groups in total. The van der Waals surface area contributed by atoms with Gasteiger partial charge in [0, 0.05) is 38.1 Å². The maximum atomic E-state index is 12.7. The van der Waals surface area contributed by atoms with E-state index < -0.39 is 0 Å². The largest absolute Gasteiger partial charge is 0.379 e. The van der Waals surface area contributed by atoms with E-state index >= 15 is 0 Å². The van der Waals surface area contributed by atoms with Gasteiger partial charge < -0.3 is 10.1 Å². The Kier molecular flexibility index (Phi) is 6.35. The van der Waals surface area contributed by atoms with Crippen LogP contribution in [0.4, 0.5) is 0 Å². The van der Waals surface area contributed by atoms with E-state index in [1.807, 2.05) is 12.1 Å². The Bertz CT molecular complexity index is 812.